The number of carbonyl (C=O) groups excluding carboxylic acids is 1. The zero-order valence-electron chi connectivity index (χ0n) is 11.2. The van der Waals surface area contributed by atoms with Gasteiger partial charge >= 0.3 is 0 Å². The lowest BCUT2D eigenvalue weighted by atomic mass is 10.1. The summed E-state index contributed by atoms with van der Waals surface area (Å²) in [6.07, 6.45) is 3.04. The lowest BCUT2D eigenvalue weighted by Gasteiger charge is -2.25. The van der Waals surface area contributed by atoms with Crippen molar-refractivity contribution in [2.75, 3.05) is 13.2 Å². The monoisotopic (exact) mass is 275 g/mol. The number of para-hydroxylation sites is 1. The van der Waals surface area contributed by atoms with Gasteiger partial charge < -0.3 is 15.5 Å². The molecule has 0 saturated carbocycles. The summed E-state index contributed by atoms with van der Waals surface area (Å²) in [6, 6.07) is 9.41. The number of carbonyl (C=O) groups is 1. The van der Waals surface area contributed by atoms with Crippen molar-refractivity contribution in [1.82, 2.24) is 15.1 Å². The molecule has 0 spiro atoms. The highest BCUT2D eigenvalue weighted by atomic mass is 16.3. The average molecular weight is 275 g/mol. The van der Waals surface area contributed by atoms with E-state index in [1.54, 1.807) is 17.8 Å². The van der Waals surface area contributed by atoms with E-state index in [9.17, 15) is 4.79 Å². The van der Waals surface area contributed by atoms with Crippen molar-refractivity contribution in [1.29, 1.82) is 0 Å². The molecule has 0 bridgehead atoms. The quantitative estimate of drug-likeness (QED) is 0.734. The fourth-order valence-electron chi connectivity index (χ4n) is 1.64. The maximum absolute atomic E-state index is 12.0. The van der Waals surface area contributed by atoms with Crippen molar-refractivity contribution in [3.05, 3.63) is 48.3 Å². The molecule has 0 fully saturated rings. The van der Waals surface area contributed by atoms with Crippen LogP contribution in [0.5, 0.6) is 0 Å². The predicted molar refractivity (Wildman–Crippen MR) is 73.6 cm³/mol. The van der Waals surface area contributed by atoms with Crippen LogP contribution < -0.4 is 5.32 Å². The smallest absolute Gasteiger partial charge is 0.255 e. The molecule has 106 valence electrons. The van der Waals surface area contributed by atoms with Crippen molar-refractivity contribution >= 4 is 5.91 Å². The number of hydrogen-bond donors (Lipinski definition) is 3. The second-order valence-electron chi connectivity index (χ2n) is 4.84. The summed E-state index contributed by atoms with van der Waals surface area (Å²) in [7, 11) is 0. The van der Waals surface area contributed by atoms with Crippen molar-refractivity contribution in [3.63, 3.8) is 0 Å². The number of rotatable bonds is 5. The molecule has 3 N–H and O–H groups in total. The Balaban J connectivity index is 2.15. The van der Waals surface area contributed by atoms with Crippen molar-refractivity contribution in [2.45, 2.75) is 12.5 Å². The lowest BCUT2D eigenvalue weighted by molar-refractivity contribution is 0.0724. The van der Waals surface area contributed by atoms with Crippen LogP contribution in [0.15, 0.2) is 42.7 Å². The molecule has 1 heterocycles. The van der Waals surface area contributed by atoms with E-state index in [-0.39, 0.29) is 13.2 Å². The number of aliphatic hydroxyl groups excluding tert-OH is 2. The highest BCUT2D eigenvalue weighted by Crippen LogP contribution is 2.09. The predicted octanol–water partition coefficient (Wildman–Crippen LogP) is 0.345. The molecule has 6 nitrogen and oxygen atoms in total. The number of amides is 1. The third-order valence-electron chi connectivity index (χ3n) is 2.98. The van der Waals surface area contributed by atoms with Gasteiger partial charge in [0.25, 0.3) is 5.91 Å². The van der Waals surface area contributed by atoms with Crippen LogP contribution in [0, 0.1) is 0 Å². The van der Waals surface area contributed by atoms with Gasteiger partial charge in [-0.1, -0.05) is 18.2 Å². The Morgan fingerprint density at radius 2 is 1.95 bits per heavy atom. The molecular formula is C14H17N3O3. The molecule has 0 aliphatic heterocycles. The van der Waals surface area contributed by atoms with Crippen LogP contribution in [0.1, 0.15) is 17.3 Å². The Kier molecular flexibility index (Phi) is 4.16. The van der Waals surface area contributed by atoms with E-state index in [1.165, 1.54) is 6.20 Å². The highest BCUT2D eigenvalue weighted by Gasteiger charge is 2.25. The van der Waals surface area contributed by atoms with Gasteiger partial charge in [-0.2, -0.15) is 5.10 Å². The summed E-state index contributed by atoms with van der Waals surface area (Å²) in [5.74, 6) is -0.391. The molecule has 1 aromatic carbocycles. The first-order chi connectivity index (χ1) is 9.58. The topological polar surface area (TPSA) is 87.4 Å². The Bertz CT molecular complexity index is 576. The second kappa shape index (κ2) is 5.85. The van der Waals surface area contributed by atoms with Crippen LogP contribution in [0.25, 0.3) is 5.69 Å². The van der Waals surface area contributed by atoms with E-state index in [0.717, 1.165) is 5.69 Å². The Morgan fingerprint density at radius 3 is 2.55 bits per heavy atom. The number of aliphatic hydroxyl groups is 2. The van der Waals surface area contributed by atoms with E-state index in [0.29, 0.717) is 5.56 Å². The molecule has 1 aromatic heterocycles. The third kappa shape index (κ3) is 3.04. The van der Waals surface area contributed by atoms with Crippen LogP contribution in [0.2, 0.25) is 0 Å². The average Bonchev–Trinajstić information content (AvgIpc) is 2.98. The summed E-state index contributed by atoms with van der Waals surface area (Å²) in [5, 5.41) is 25.0. The van der Waals surface area contributed by atoms with Gasteiger partial charge in [0.1, 0.15) is 0 Å². The van der Waals surface area contributed by atoms with Crippen molar-refractivity contribution in [3.8, 4) is 5.69 Å². The normalized spacial score (nSPS) is 11.3. The zero-order valence-corrected chi connectivity index (χ0v) is 11.2. The molecule has 0 saturated heterocycles. The molecule has 0 atom stereocenters. The molecule has 0 aliphatic carbocycles. The second-order valence-corrected chi connectivity index (χ2v) is 4.84. The van der Waals surface area contributed by atoms with E-state index >= 15 is 0 Å². The highest BCUT2D eigenvalue weighted by molar-refractivity contribution is 5.94. The molecule has 2 rings (SSSR count). The minimum Gasteiger partial charge on any atom is -0.394 e. The lowest BCUT2D eigenvalue weighted by Crippen LogP contribution is -2.51. The summed E-state index contributed by atoms with van der Waals surface area (Å²) in [5.41, 5.74) is 0.159. The van der Waals surface area contributed by atoms with E-state index in [2.05, 4.69) is 10.4 Å². The molecule has 2 aromatic rings. The molecule has 20 heavy (non-hydrogen) atoms. The first-order valence-electron chi connectivity index (χ1n) is 6.22. The van der Waals surface area contributed by atoms with Crippen molar-refractivity contribution in [2.24, 2.45) is 0 Å². The first kappa shape index (κ1) is 14.2. The first-order valence-corrected chi connectivity index (χ1v) is 6.22. The van der Waals surface area contributed by atoms with Gasteiger partial charge in [-0.3, -0.25) is 4.79 Å². The Morgan fingerprint density at radius 1 is 1.30 bits per heavy atom. The summed E-state index contributed by atoms with van der Waals surface area (Å²) in [4.78, 5) is 12.0. The minimum atomic E-state index is -1.05. The van der Waals surface area contributed by atoms with Gasteiger partial charge in [0.15, 0.2) is 0 Å². The Labute approximate surface area is 116 Å². The van der Waals surface area contributed by atoms with Gasteiger partial charge in [0.05, 0.1) is 36.2 Å². The van der Waals surface area contributed by atoms with Crippen LogP contribution in [0.3, 0.4) is 0 Å². The third-order valence-corrected chi connectivity index (χ3v) is 2.98. The molecule has 6 heteroatoms. The minimum absolute atomic E-state index is 0.345. The van der Waals surface area contributed by atoms with Gasteiger partial charge in [0.2, 0.25) is 0 Å². The fraction of sp³-hybridized carbons (Fsp3) is 0.286. The van der Waals surface area contributed by atoms with Crippen LogP contribution in [-0.4, -0.2) is 44.7 Å². The number of hydrogen-bond acceptors (Lipinski definition) is 4. The van der Waals surface area contributed by atoms with Crippen LogP contribution in [0.4, 0.5) is 0 Å². The standard InChI is InChI=1S/C14H17N3O3/c1-14(9-18,10-19)16-13(20)11-7-15-17(8-11)12-5-3-2-4-6-12/h2-8,18-19H,9-10H2,1H3,(H,16,20). The molecule has 0 aliphatic rings. The van der Waals surface area contributed by atoms with Crippen molar-refractivity contribution < 1.29 is 15.0 Å². The number of nitrogens with zero attached hydrogens (tertiary/aromatic N) is 2. The summed E-state index contributed by atoms with van der Waals surface area (Å²) >= 11 is 0. The largest absolute Gasteiger partial charge is 0.394 e. The van der Waals surface area contributed by atoms with E-state index < -0.39 is 11.4 Å². The molecule has 0 radical (unpaired) electrons. The van der Waals surface area contributed by atoms with E-state index in [4.69, 9.17) is 10.2 Å². The van der Waals surface area contributed by atoms with E-state index in [1.807, 2.05) is 30.3 Å². The van der Waals surface area contributed by atoms with Gasteiger partial charge in [-0.05, 0) is 19.1 Å². The fourth-order valence-corrected chi connectivity index (χ4v) is 1.64. The Hall–Kier alpha value is -2.18. The maximum atomic E-state index is 12.0. The SMILES string of the molecule is CC(CO)(CO)NC(=O)c1cnn(-c2ccccc2)c1. The number of nitrogens with one attached hydrogen (secondary N) is 1. The number of benzene rings is 1. The summed E-state index contributed by atoms with van der Waals surface area (Å²) in [6.45, 7) is 0.872. The molecule has 1 amide bonds. The number of aromatic nitrogens is 2. The summed E-state index contributed by atoms with van der Waals surface area (Å²) < 4.78 is 1.59. The molecular weight excluding hydrogens is 258 g/mol. The van der Waals surface area contributed by atoms with Gasteiger partial charge in [-0.15, -0.1) is 0 Å². The van der Waals surface area contributed by atoms with Crippen LogP contribution >= 0.6 is 0 Å². The zero-order chi connectivity index (χ0) is 14.6. The van der Waals surface area contributed by atoms with Gasteiger partial charge in [-0.25, -0.2) is 4.68 Å². The molecule has 0 unspecified atom stereocenters. The maximum Gasteiger partial charge on any atom is 0.255 e. The van der Waals surface area contributed by atoms with Crippen LogP contribution in [-0.2, 0) is 0 Å². The van der Waals surface area contributed by atoms with Gasteiger partial charge in [0, 0.05) is 6.20 Å².